The molecule has 5 aromatic rings. The third kappa shape index (κ3) is 4.91. The number of aryl methyl sites for hydroxylation is 2. The molecule has 44 heavy (non-hydrogen) atoms. The van der Waals surface area contributed by atoms with Crippen LogP contribution in [-0.2, 0) is 22.6 Å². The van der Waals surface area contributed by atoms with Crippen LogP contribution in [0.3, 0.4) is 0 Å². The van der Waals surface area contributed by atoms with E-state index < -0.39 is 17.7 Å². The summed E-state index contributed by atoms with van der Waals surface area (Å²) in [4.78, 5) is 33.9. The topological polar surface area (TPSA) is 89.0 Å². The molecule has 7 nitrogen and oxygen atoms in total. The first-order chi connectivity index (χ1) is 21.3. The molecule has 1 fully saturated rings. The third-order valence-corrected chi connectivity index (χ3v) is 9.06. The van der Waals surface area contributed by atoms with Gasteiger partial charge in [-0.1, -0.05) is 59.9 Å². The number of hydrogen-bond donors (Lipinski definition) is 1. The molecule has 2 aliphatic heterocycles. The fourth-order valence-electron chi connectivity index (χ4n) is 6.05. The minimum atomic E-state index is -0.916. The Morgan fingerprint density at radius 3 is 2.66 bits per heavy atom. The quantitative estimate of drug-likeness (QED) is 0.123. The first kappa shape index (κ1) is 27.9. The van der Waals surface area contributed by atoms with E-state index in [0.717, 1.165) is 38.2 Å². The van der Waals surface area contributed by atoms with Crippen molar-refractivity contribution in [2.24, 2.45) is 0 Å². The number of fused-ring (bicyclic) bond motifs is 2. The molecule has 7 rings (SSSR count). The lowest BCUT2D eigenvalue weighted by Gasteiger charge is -2.23. The number of anilines is 1. The number of aliphatic hydroxyl groups excluding tert-OH is 1. The Hall–Kier alpha value is -4.95. The highest BCUT2D eigenvalue weighted by atomic mass is 32.1. The van der Waals surface area contributed by atoms with E-state index in [2.05, 4.69) is 0 Å². The SMILES string of the molecule is Cc1cc(C)c2nc(N3C(=O)C(=O)/C(=C(\O)c4ccc5c(c4)CC(C)O5)C3c3cccc(OCc4ccccc4)c3)sc2c1. The Morgan fingerprint density at radius 2 is 1.84 bits per heavy atom. The molecule has 8 heteroatoms. The monoisotopic (exact) mass is 602 g/mol. The Labute approximate surface area is 259 Å². The summed E-state index contributed by atoms with van der Waals surface area (Å²) < 4.78 is 12.9. The average molecular weight is 603 g/mol. The van der Waals surface area contributed by atoms with Crippen molar-refractivity contribution >= 4 is 44.1 Å². The first-order valence-electron chi connectivity index (χ1n) is 14.5. The lowest BCUT2D eigenvalue weighted by Crippen LogP contribution is -2.29. The maximum atomic E-state index is 13.8. The first-order valence-corrected chi connectivity index (χ1v) is 15.3. The Balaban J connectivity index is 1.36. The van der Waals surface area contributed by atoms with Crippen molar-refractivity contribution in [2.45, 2.75) is 45.9 Å². The van der Waals surface area contributed by atoms with Crippen LogP contribution >= 0.6 is 11.3 Å². The van der Waals surface area contributed by atoms with Crippen molar-refractivity contribution in [3.05, 3.63) is 124 Å². The molecular weight excluding hydrogens is 572 g/mol. The van der Waals surface area contributed by atoms with Crippen LogP contribution in [-0.4, -0.2) is 27.9 Å². The van der Waals surface area contributed by atoms with Crippen LogP contribution in [0.4, 0.5) is 5.13 Å². The smallest absolute Gasteiger partial charge is 0.301 e. The molecule has 1 saturated heterocycles. The van der Waals surface area contributed by atoms with Crippen molar-refractivity contribution in [3.63, 3.8) is 0 Å². The predicted octanol–water partition coefficient (Wildman–Crippen LogP) is 7.44. The number of aliphatic hydroxyl groups is 1. The highest BCUT2D eigenvalue weighted by Gasteiger charge is 2.48. The molecule has 3 heterocycles. The molecule has 2 aliphatic rings. The van der Waals surface area contributed by atoms with E-state index in [1.807, 2.05) is 93.6 Å². The summed E-state index contributed by atoms with van der Waals surface area (Å²) in [7, 11) is 0. The fraction of sp³-hybridized carbons (Fsp3) is 0.194. The molecule has 1 aromatic heterocycles. The van der Waals surface area contributed by atoms with Gasteiger partial charge in [0.05, 0.1) is 21.8 Å². The normalized spacial score (nSPS) is 18.9. The minimum absolute atomic E-state index is 0.00859. The molecule has 0 radical (unpaired) electrons. The van der Waals surface area contributed by atoms with Gasteiger partial charge < -0.3 is 14.6 Å². The fourth-order valence-corrected chi connectivity index (χ4v) is 7.22. The Kier molecular flexibility index (Phi) is 6.94. The van der Waals surface area contributed by atoms with E-state index in [1.165, 1.54) is 16.2 Å². The molecule has 1 amide bonds. The largest absolute Gasteiger partial charge is 0.507 e. The number of ketones is 1. The number of thiazole rings is 1. The number of carbonyl (C=O) groups excluding carboxylic acids is 2. The molecule has 0 spiro atoms. The summed E-state index contributed by atoms with van der Waals surface area (Å²) in [5.41, 5.74) is 5.90. The van der Waals surface area contributed by atoms with Gasteiger partial charge in [-0.3, -0.25) is 14.5 Å². The summed E-state index contributed by atoms with van der Waals surface area (Å²) in [5.74, 6) is -0.396. The minimum Gasteiger partial charge on any atom is -0.507 e. The molecule has 1 N–H and O–H groups in total. The average Bonchev–Trinajstić information content (AvgIpc) is 3.68. The third-order valence-electron chi connectivity index (χ3n) is 8.06. The van der Waals surface area contributed by atoms with Gasteiger partial charge in [-0.15, -0.1) is 0 Å². The number of rotatable bonds is 6. The molecule has 0 saturated carbocycles. The predicted molar refractivity (Wildman–Crippen MR) is 171 cm³/mol. The van der Waals surface area contributed by atoms with Gasteiger partial charge in [0.25, 0.3) is 5.78 Å². The lowest BCUT2D eigenvalue weighted by atomic mass is 9.94. The second-order valence-electron chi connectivity index (χ2n) is 11.4. The molecule has 2 unspecified atom stereocenters. The van der Waals surface area contributed by atoms with Gasteiger partial charge in [-0.05, 0) is 85.0 Å². The lowest BCUT2D eigenvalue weighted by molar-refractivity contribution is -0.132. The van der Waals surface area contributed by atoms with Crippen LogP contribution in [0.2, 0.25) is 0 Å². The summed E-state index contributed by atoms with van der Waals surface area (Å²) >= 11 is 1.35. The van der Waals surface area contributed by atoms with Gasteiger partial charge in [0.15, 0.2) is 5.13 Å². The number of amides is 1. The van der Waals surface area contributed by atoms with Gasteiger partial charge >= 0.3 is 5.91 Å². The molecule has 0 bridgehead atoms. The molecular formula is C36H30N2O5S. The highest BCUT2D eigenvalue weighted by Crippen LogP contribution is 2.45. The number of ether oxygens (including phenoxy) is 2. The number of nitrogens with zero attached hydrogens (tertiary/aromatic N) is 2. The zero-order valence-electron chi connectivity index (χ0n) is 24.5. The van der Waals surface area contributed by atoms with Crippen molar-refractivity contribution in [3.8, 4) is 11.5 Å². The zero-order chi connectivity index (χ0) is 30.5. The van der Waals surface area contributed by atoms with E-state index >= 15 is 0 Å². The van der Waals surface area contributed by atoms with E-state index in [1.54, 1.807) is 12.1 Å². The number of Topliss-reactive ketones (excluding diaryl/α,β-unsaturated/α-hetero) is 1. The molecule has 4 aromatic carbocycles. The van der Waals surface area contributed by atoms with Crippen molar-refractivity contribution in [1.82, 2.24) is 4.98 Å². The van der Waals surface area contributed by atoms with Crippen LogP contribution in [0, 0.1) is 13.8 Å². The van der Waals surface area contributed by atoms with Crippen LogP contribution in [0.5, 0.6) is 11.5 Å². The number of aromatic nitrogens is 1. The van der Waals surface area contributed by atoms with E-state index in [4.69, 9.17) is 14.5 Å². The molecule has 2 atom stereocenters. The van der Waals surface area contributed by atoms with Crippen LogP contribution < -0.4 is 14.4 Å². The van der Waals surface area contributed by atoms with E-state index in [9.17, 15) is 14.7 Å². The Bertz CT molecular complexity index is 1980. The molecule has 220 valence electrons. The molecule has 0 aliphatic carbocycles. The second-order valence-corrected chi connectivity index (χ2v) is 12.4. The highest BCUT2D eigenvalue weighted by molar-refractivity contribution is 7.22. The van der Waals surface area contributed by atoms with Gasteiger partial charge in [-0.25, -0.2) is 4.98 Å². The maximum Gasteiger partial charge on any atom is 0.301 e. The summed E-state index contributed by atoms with van der Waals surface area (Å²) in [6.45, 7) is 6.34. The number of hydrogen-bond acceptors (Lipinski definition) is 7. The van der Waals surface area contributed by atoms with Gasteiger partial charge in [0.1, 0.15) is 30.0 Å². The second kappa shape index (κ2) is 11.0. The van der Waals surface area contributed by atoms with Gasteiger partial charge in [-0.2, -0.15) is 0 Å². The summed E-state index contributed by atoms with van der Waals surface area (Å²) in [5, 5.41) is 12.1. The van der Waals surface area contributed by atoms with Crippen LogP contribution in [0.1, 0.15) is 46.3 Å². The van der Waals surface area contributed by atoms with E-state index in [0.29, 0.717) is 35.0 Å². The van der Waals surface area contributed by atoms with Gasteiger partial charge in [0.2, 0.25) is 0 Å². The summed E-state index contributed by atoms with van der Waals surface area (Å²) in [6, 6.07) is 25.7. The van der Waals surface area contributed by atoms with Crippen molar-refractivity contribution in [2.75, 3.05) is 4.90 Å². The van der Waals surface area contributed by atoms with Crippen LogP contribution in [0.25, 0.3) is 16.0 Å². The zero-order valence-corrected chi connectivity index (χ0v) is 25.4. The van der Waals surface area contributed by atoms with E-state index in [-0.39, 0.29) is 17.4 Å². The van der Waals surface area contributed by atoms with Crippen molar-refractivity contribution in [1.29, 1.82) is 0 Å². The standard InChI is InChI=1S/C36H30N2O5S/c1-20-14-21(2)31-29(15-20)44-36(37-31)38-32(24-10-7-11-27(18-24)42-19-23-8-5-4-6-9-23)30(34(40)35(38)41)33(39)25-12-13-28-26(17-25)16-22(3)43-28/h4-15,17-18,22,32,39H,16,19H2,1-3H3/b33-30-. The van der Waals surface area contributed by atoms with Crippen molar-refractivity contribution < 1.29 is 24.2 Å². The number of benzene rings is 4. The van der Waals surface area contributed by atoms with Gasteiger partial charge in [0, 0.05) is 12.0 Å². The van der Waals surface area contributed by atoms with Crippen LogP contribution in [0.15, 0.2) is 90.5 Å². The Morgan fingerprint density at radius 1 is 1.02 bits per heavy atom. The summed E-state index contributed by atoms with van der Waals surface area (Å²) in [6.07, 6.45) is 0.720. The number of carbonyl (C=O) groups is 2. The maximum absolute atomic E-state index is 13.8.